The molecule has 0 amide bonds. The molecule has 0 radical (unpaired) electrons. The average molecular weight is 357 g/mol. The molecule has 1 aliphatic rings. The third kappa shape index (κ3) is 3.45. The maximum atomic E-state index is 14.0. The summed E-state index contributed by atoms with van der Waals surface area (Å²) in [5.74, 6) is -0.0306. The minimum Gasteiger partial charge on any atom is -0.337 e. The van der Waals surface area contributed by atoms with E-state index < -0.39 is 11.6 Å². The van der Waals surface area contributed by atoms with Crippen LogP contribution in [0.5, 0.6) is 0 Å². The Morgan fingerprint density at radius 2 is 2.12 bits per heavy atom. The molecule has 1 aliphatic heterocycles. The summed E-state index contributed by atoms with van der Waals surface area (Å²) in [5, 5.41) is 3.99. The number of hydrogen-bond donors (Lipinski definition) is 0. The molecule has 2 aromatic heterocycles. The van der Waals surface area contributed by atoms with Crippen LogP contribution in [0.1, 0.15) is 36.8 Å². The van der Waals surface area contributed by atoms with Gasteiger partial charge in [-0.1, -0.05) is 11.6 Å². The van der Waals surface area contributed by atoms with Crippen molar-refractivity contribution in [2.75, 3.05) is 6.54 Å². The fourth-order valence-corrected chi connectivity index (χ4v) is 3.23. The van der Waals surface area contributed by atoms with Crippen LogP contribution in [-0.4, -0.2) is 31.6 Å². The van der Waals surface area contributed by atoms with Crippen LogP contribution in [0.3, 0.4) is 0 Å². The van der Waals surface area contributed by atoms with E-state index in [0.29, 0.717) is 23.0 Å². The molecule has 4 rings (SSSR count). The van der Waals surface area contributed by atoms with Crippen LogP contribution in [0.15, 0.2) is 41.3 Å². The first-order valence-corrected chi connectivity index (χ1v) is 8.48. The SMILES string of the molecule is Fc1ccc(F)c(CN2CCCC[C@H]2c2nc(-c3cnccn3)no2)c1. The standard InChI is InChI=1S/C18H17F2N5O/c19-13-4-5-14(20)12(9-13)11-25-8-2-1-3-16(25)18-23-17(24-26-18)15-10-21-6-7-22-15/h4-7,9-10,16H,1-3,8,11H2/t16-/m0/s1. The first-order valence-electron chi connectivity index (χ1n) is 8.48. The van der Waals surface area contributed by atoms with Gasteiger partial charge in [0.2, 0.25) is 11.7 Å². The van der Waals surface area contributed by atoms with E-state index >= 15 is 0 Å². The van der Waals surface area contributed by atoms with Crippen molar-refractivity contribution in [1.82, 2.24) is 25.0 Å². The number of benzene rings is 1. The smallest absolute Gasteiger partial charge is 0.244 e. The number of likely N-dealkylation sites (tertiary alicyclic amines) is 1. The molecule has 6 nitrogen and oxygen atoms in total. The third-order valence-corrected chi connectivity index (χ3v) is 4.51. The van der Waals surface area contributed by atoms with Crippen molar-refractivity contribution in [3.05, 3.63) is 59.9 Å². The molecule has 26 heavy (non-hydrogen) atoms. The van der Waals surface area contributed by atoms with Gasteiger partial charge in [0.25, 0.3) is 0 Å². The van der Waals surface area contributed by atoms with Gasteiger partial charge in [0.1, 0.15) is 17.3 Å². The van der Waals surface area contributed by atoms with Crippen LogP contribution < -0.4 is 0 Å². The van der Waals surface area contributed by atoms with Gasteiger partial charge < -0.3 is 4.52 Å². The number of piperidine rings is 1. The third-order valence-electron chi connectivity index (χ3n) is 4.51. The summed E-state index contributed by atoms with van der Waals surface area (Å²) < 4.78 is 32.9. The van der Waals surface area contributed by atoms with E-state index in [1.807, 2.05) is 0 Å². The molecule has 0 spiro atoms. The summed E-state index contributed by atoms with van der Waals surface area (Å²) in [4.78, 5) is 14.7. The van der Waals surface area contributed by atoms with E-state index in [1.165, 1.54) is 6.07 Å². The molecule has 3 heterocycles. The van der Waals surface area contributed by atoms with Crippen molar-refractivity contribution in [2.24, 2.45) is 0 Å². The zero-order chi connectivity index (χ0) is 17.9. The highest BCUT2D eigenvalue weighted by Crippen LogP contribution is 2.32. The zero-order valence-corrected chi connectivity index (χ0v) is 14.0. The molecule has 0 saturated carbocycles. The lowest BCUT2D eigenvalue weighted by Crippen LogP contribution is -2.33. The monoisotopic (exact) mass is 357 g/mol. The lowest BCUT2D eigenvalue weighted by atomic mass is 10.0. The summed E-state index contributed by atoms with van der Waals surface area (Å²) in [6.07, 6.45) is 7.51. The fourth-order valence-electron chi connectivity index (χ4n) is 3.23. The predicted molar refractivity (Wildman–Crippen MR) is 88.7 cm³/mol. The van der Waals surface area contributed by atoms with Gasteiger partial charge in [0, 0.05) is 24.5 Å². The topological polar surface area (TPSA) is 67.9 Å². The summed E-state index contributed by atoms with van der Waals surface area (Å²) in [6.45, 7) is 1.04. The second-order valence-corrected chi connectivity index (χ2v) is 6.26. The minimum absolute atomic E-state index is 0.135. The van der Waals surface area contributed by atoms with E-state index in [-0.39, 0.29) is 12.6 Å². The highest BCUT2D eigenvalue weighted by Gasteiger charge is 2.29. The van der Waals surface area contributed by atoms with Crippen LogP contribution in [0.4, 0.5) is 8.78 Å². The Balaban J connectivity index is 1.58. The molecule has 0 N–H and O–H groups in total. The largest absolute Gasteiger partial charge is 0.337 e. The Labute approximate surface area is 148 Å². The maximum Gasteiger partial charge on any atom is 0.244 e. The molecule has 134 valence electrons. The van der Waals surface area contributed by atoms with E-state index in [4.69, 9.17) is 4.52 Å². The number of aromatic nitrogens is 4. The van der Waals surface area contributed by atoms with Crippen molar-refractivity contribution in [2.45, 2.75) is 31.8 Å². The Morgan fingerprint density at radius 3 is 2.96 bits per heavy atom. The van der Waals surface area contributed by atoms with Crippen molar-refractivity contribution in [3.63, 3.8) is 0 Å². The highest BCUT2D eigenvalue weighted by atomic mass is 19.1. The van der Waals surface area contributed by atoms with Crippen LogP contribution in [0.2, 0.25) is 0 Å². The molecule has 1 atom stereocenters. The Bertz CT molecular complexity index is 886. The Kier molecular flexibility index (Phi) is 4.66. The molecule has 1 saturated heterocycles. The Morgan fingerprint density at radius 1 is 1.19 bits per heavy atom. The average Bonchev–Trinajstić information content (AvgIpc) is 3.16. The molecule has 3 aromatic rings. The molecule has 8 heteroatoms. The van der Waals surface area contributed by atoms with Gasteiger partial charge in [0.05, 0.1) is 12.2 Å². The van der Waals surface area contributed by atoms with Gasteiger partial charge in [-0.05, 0) is 37.6 Å². The molecular weight excluding hydrogens is 340 g/mol. The van der Waals surface area contributed by atoms with Gasteiger partial charge in [-0.25, -0.2) is 13.8 Å². The van der Waals surface area contributed by atoms with E-state index in [0.717, 1.165) is 37.9 Å². The predicted octanol–water partition coefficient (Wildman–Crippen LogP) is 3.53. The summed E-state index contributed by atoms with van der Waals surface area (Å²) >= 11 is 0. The van der Waals surface area contributed by atoms with Crippen molar-refractivity contribution in [1.29, 1.82) is 0 Å². The number of rotatable bonds is 4. The van der Waals surface area contributed by atoms with Crippen molar-refractivity contribution in [3.8, 4) is 11.5 Å². The normalized spacial score (nSPS) is 18.2. The molecule has 1 aromatic carbocycles. The maximum absolute atomic E-state index is 14.0. The van der Waals surface area contributed by atoms with Gasteiger partial charge >= 0.3 is 0 Å². The highest BCUT2D eigenvalue weighted by molar-refractivity contribution is 5.45. The van der Waals surface area contributed by atoms with Gasteiger partial charge in [-0.2, -0.15) is 4.98 Å². The second kappa shape index (κ2) is 7.25. The lowest BCUT2D eigenvalue weighted by Gasteiger charge is -2.33. The van der Waals surface area contributed by atoms with Crippen LogP contribution in [0, 0.1) is 11.6 Å². The van der Waals surface area contributed by atoms with Crippen LogP contribution in [0.25, 0.3) is 11.5 Å². The van der Waals surface area contributed by atoms with E-state index in [2.05, 4.69) is 25.0 Å². The summed E-state index contributed by atoms with van der Waals surface area (Å²) in [6, 6.07) is 3.38. The fraction of sp³-hybridized carbons (Fsp3) is 0.333. The first-order chi connectivity index (χ1) is 12.7. The number of halogens is 2. The molecular formula is C18H17F2N5O. The number of nitrogens with zero attached hydrogens (tertiary/aromatic N) is 5. The van der Waals surface area contributed by atoms with Crippen molar-refractivity contribution < 1.29 is 13.3 Å². The van der Waals surface area contributed by atoms with E-state index in [9.17, 15) is 8.78 Å². The van der Waals surface area contributed by atoms with Crippen molar-refractivity contribution >= 4 is 0 Å². The number of hydrogen-bond acceptors (Lipinski definition) is 6. The second-order valence-electron chi connectivity index (χ2n) is 6.26. The zero-order valence-electron chi connectivity index (χ0n) is 14.0. The van der Waals surface area contributed by atoms with Crippen LogP contribution in [-0.2, 0) is 6.54 Å². The first kappa shape index (κ1) is 16.7. The summed E-state index contributed by atoms with van der Waals surface area (Å²) in [5.41, 5.74) is 0.853. The van der Waals surface area contributed by atoms with Gasteiger partial charge in [-0.15, -0.1) is 0 Å². The van der Waals surface area contributed by atoms with Gasteiger partial charge in [0.15, 0.2) is 0 Å². The lowest BCUT2D eigenvalue weighted by molar-refractivity contribution is 0.110. The van der Waals surface area contributed by atoms with Crippen LogP contribution >= 0.6 is 0 Å². The Hall–Kier alpha value is -2.74. The quantitative estimate of drug-likeness (QED) is 0.712. The molecule has 0 unspecified atom stereocenters. The summed E-state index contributed by atoms with van der Waals surface area (Å²) in [7, 11) is 0. The molecule has 0 aliphatic carbocycles. The van der Waals surface area contributed by atoms with E-state index in [1.54, 1.807) is 18.6 Å². The molecule has 1 fully saturated rings. The van der Waals surface area contributed by atoms with Gasteiger partial charge in [-0.3, -0.25) is 9.88 Å². The minimum atomic E-state index is -0.447. The molecule has 0 bridgehead atoms.